The Morgan fingerprint density at radius 3 is 2.87 bits per heavy atom. The summed E-state index contributed by atoms with van der Waals surface area (Å²) in [6.45, 7) is 2.71. The highest BCUT2D eigenvalue weighted by Crippen LogP contribution is 2.24. The van der Waals surface area contributed by atoms with Crippen LogP contribution in [0.4, 0.5) is 0 Å². The number of likely N-dealkylation sites (tertiary alicyclic amines) is 1. The molecule has 4 nitrogen and oxygen atoms in total. The van der Waals surface area contributed by atoms with Crippen molar-refractivity contribution >= 4 is 0 Å². The monoisotopic (exact) mass is 214 g/mol. The van der Waals surface area contributed by atoms with Crippen LogP contribution in [0.1, 0.15) is 25.7 Å². The molecule has 0 aromatic carbocycles. The van der Waals surface area contributed by atoms with E-state index >= 15 is 0 Å². The van der Waals surface area contributed by atoms with Gasteiger partial charge in [0, 0.05) is 18.6 Å². The van der Waals surface area contributed by atoms with Gasteiger partial charge in [0.2, 0.25) is 0 Å². The van der Waals surface area contributed by atoms with Crippen LogP contribution in [-0.2, 0) is 0 Å². The van der Waals surface area contributed by atoms with Crippen LogP contribution in [0.2, 0.25) is 0 Å². The molecule has 0 amide bonds. The van der Waals surface area contributed by atoms with E-state index < -0.39 is 6.10 Å². The number of nitrogens with one attached hydrogen (secondary N) is 1. The Bertz CT molecular complexity index is 195. The first kappa shape index (κ1) is 11.3. The van der Waals surface area contributed by atoms with Crippen LogP contribution in [-0.4, -0.2) is 59.5 Å². The van der Waals surface area contributed by atoms with Crippen molar-refractivity contribution in [1.29, 1.82) is 0 Å². The molecule has 0 aliphatic carbocycles. The van der Waals surface area contributed by atoms with Gasteiger partial charge in [0.15, 0.2) is 0 Å². The van der Waals surface area contributed by atoms with Gasteiger partial charge in [-0.3, -0.25) is 4.90 Å². The number of aliphatic hydroxyl groups is 2. The van der Waals surface area contributed by atoms with Crippen molar-refractivity contribution in [1.82, 2.24) is 10.2 Å². The standard InChI is InChI=1S/C11H22N2O2/c14-8-9(15)7-13-6-2-4-11(13)10-3-1-5-12-10/h9-12,14-15H,1-8H2. The van der Waals surface area contributed by atoms with Gasteiger partial charge in [-0.15, -0.1) is 0 Å². The summed E-state index contributed by atoms with van der Waals surface area (Å²) in [5, 5.41) is 21.9. The summed E-state index contributed by atoms with van der Waals surface area (Å²) in [5.74, 6) is 0. The Kier molecular flexibility index (Phi) is 3.97. The van der Waals surface area contributed by atoms with E-state index in [-0.39, 0.29) is 6.61 Å². The van der Waals surface area contributed by atoms with Crippen LogP contribution in [0, 0.1) is 0 Å². The fraction of sp³-hybridized carbons (Fsp3) is 1.00. The molecule has 2 aliphatic heterocycles. The second-order valence-electron chi connectivity index (χ2n) is 4.74. The first-order chi connectivity index (χ1) is 7.31. The molecular weight excluding hydrogens is 192 g/mol. The molecule has 2 rings (SSSR count). The van der Waals surface area contributed by atoms with Crippen LogP contribution < -0.4 is 5.32 Å². The van der Waals surface area contributed by atoms with Crippen molar-refractivity contribution in [2.75, 3.05) is 26.2 Å². The first-order valence-corrected chi connectivity index (χ1v) is 6.07. The quantitative estimate of drug-likeness (QED) is 0.594. The third-order valence-corrected chi connectivity index (χ3v) is 3.63. The van der Waals surface area contributed by atoms with Crippen molar-refractivity contribution in [3.05, 3.63) is 0 Å². The normalized spacial score (nSPS) is 34.8. The fourth-order valence-corrected chi connectivity index (χ4v) is 2.90. The summed E-state index contributed by atoms with van der Waals surface area (Å²) in [7, 11) is 0. The molecule has 0 aromatic heterocycles. The van der Waals surface area contributed by atoms with Crippen molar-refractivity contribution in [2.45, 2.75) is 43.9 Å². The Hall–Kier alpha value is -0.160. The summed E-state index contributed by atoms with van der Waals surface area (Å²) < 4.78 is 0. The van der Waals surface area contributed by atoms with Gasteiger partial charge >= 0.3 is 0 Å². The van der Waals surface area contributed by atoms with Crippen LogP contribution in [0.5, 0.6) is 0 Å². The van der Waals surface area contributed by atoms with E-state index in [2.05, 4.69) is 10.2 Å². The van der Waals surface area contributed by atoms with E-state index in [0.717, 1.165) is 13.1 Å². The van der Waals surface area contributed by atoms with Crippen molar-refractivity contribution < 1.29 is 10.2 Å². The van der Waals surface area contributed by atoms with Gasteiger partial charge < -0.3 is 15.5 Å². The summed E-state index contributed by atoms with van der Waals surface area (Å²) in [6.07, 6.45) is 4.41. The highest BCUT2D eigenvalue weighted by Gasteiger charge is 2.33. The van der Waals surface area contributed by atoms with E-state index in [1.165, 1.54) is 25.7 Å². The summed E-state index contributed by atoms with van der Waals surface area (Å²) >= 11 is 0. The van der Waals surface area contributed by atoms with E-state index in [1.807, 2.05) is 0 Å². The lowest BCUT2D eigenvalue weighted by Crippen LogP contribution is -2.46. The largest absolute Gasteiger partial charge is 0.394 e. The molecule has 0 saturated carbocycles. The zero-order valence-corrected chi connectivity index (χ0v) is 9.23. The van der Waals surface area contributed by atoms with Crippen molar-refractivity contribution in [2.24, 2.45) is 0 Å². The maximum Gasteiger partial charge on any atom is 0.0897 e. The SMILES string of the molecule is OCC(O)CN1CCCC1C1CCCN1. The molecule has 0 bridgehead atoms. The molecule has 2 heterocycles. The number of aliphatic hydroxyl groups excluding tert-OH is 2. The predicted molar refractivity (Wildman–Crippen MR) is 58.7 cm³/mol. The number of nitrogens with zero attached hydrogens (tertiary/aromatic N) is 1. The van der Waals surface area contributed by atoms with E-state index in [1.54, 1.807) is 0 Å². The molecule has 0 aromatic rings. The molecule has 0 radical (unpaired) electrons. The Morgan fingerprint density at radius 2 is 2.20 bits per heavy atom. The molecule has 0 spiro atoms. The van der Waals surface area contributed by atoms with Gasteiger partial charge in [-0.2, -0.15) is 0 Å². The number of β-amino-alcohol motifs (C(OH)–C–C–N with tert-alkyl or cyclic N) is 1. The molecular formula is C11H22N2O2. The average Bonchev–Trinajstić information content (AvgIpc) is 2.86. The van der Waals surface area contributed by atoms with Crippen molar-refractivity contribution in [3.63, 3.8) is 0 Å². The predicted octanol–water partition coefficient (Wildman–Crippen LogP) is -0.444. The first-order valence-electron chi connectivity index (χ1n) is 6.07. The molecule has 3 unspecified atom stereocenters. The molecule has 2 aliphatic rings. The van der Waals surface area contributed by atoms with E-state index in [9.17, 15) is 5.11 Å². The van der Waals surface area contributed by atoms with Gasteiger partial charge in [-0.25, -0.2) is 0 Å². The molecule has 2 saturated heterocycles. The third kappa shape index (κ3) is 2.69. The zero-order chi connectivity index (χ0) is 10.7. The second kappa shape index (κ2) is 5.25. The van der Waals surface area contributed by atoms with Gasteiger partial charge in [0.05, 0.1) is 12.7 Å². The lowest BCUT2D eigenvalue weighted by Gasteiger charge is -2.30. The van der Waals surface area contributed by atoms with Crippen molar-refractivity contribution in [3.8, 4) is 0 Å². The van der Waals surface area contributed by atoms with Gasteiger partial charge in [-0.1, -0.05) is 0 Å². The number of hydrogen-bond donors (Lipinski definition) is 3. The minimum absolute atomic E-state index is 0.124. The van der Waals surface area contributed by atoms with Gasteiger partial charge in [-0.05, 0) is 38.8 Å². The van der Waals surface area contributed by atoms with Crippen LogP contribution in [0.25, 0.3) is 0 Å². The van der Waals surface area contributed by atoms with E-state index in [4.69, 9.17) is 5.11 Å². The van der Waals surface area contributed by atoms with Crippen LogP contribution in [0.3, 0.4) is 0 Å². The van der Waals surface area contributed by atoms with Crippen LogP contribution in [0.15, 0.2) is 0 Å². The lowest BCUT2D eigenvalue weighted by atomic mass is 10.0. The molecule has 3 atom stereocenters. The highest BCUT2D eigenvalue weighted by molar-refractivity contribution is 4.92. The topological polar surface area (TPSA) is 55.7 Å². The summed E-state index contributed by atoms with van der Waals surface area (Å²) in [6, 6.07) is 1.19. The van der Waals surface area contributed by atoms with Gasteiger partial charge in [0.25, 0.3) is 0 Å². The summed E-state index contributed by atoms with van der Waals surface area (Å²) in [5.41, 5.74) is 0. The third-order valence-electron chi connectivity index (χ3n) is 3.63. The number of rotatable bonds is 4. The summed E-state index contributed by atoms with van der Waals surface area (Å²) in [4.78, 5) is 2.34. The van der Waals surface area contributed by atoms with Gasteiger partial charge in [0.1, 0.15) is 0 Å². The Labute approximate surface area is 91.3 Å². The Balaban J connectivity index is 1.86. The lowest BCUT2D eigenvalue weighted by molar-refractivity contribution is 0.0509. The maximum absolute atomic E-state index is 9.47. The minimum atomic E-state index is -0.577. The molecule has 3 N–H and O–H groups in total. The second-order valence-corrected chi connectivity index (χ2v) is 4.74. The maximum atomic E-state index is 9.47. The highest BCUT2D eigenvalue weighted by atomic mass is 16.3. The molecule has 2 fully saturated rings. The van der Waals surface area contributed by atoms with E-state index in [0.29, 0.717) is 18.6 Å². The molecule has 15 heavy (non-hydrogen) atoms. The molecule has 88 valence electrons. The molecule has 4 heteroatoms. The zero-order valence-electron chi connectivity index (χ0n) is 9.23. The fourth-order valence-electron chi connectivity index (χ4n) is 2.90. The Morgan fingerprint density at radius 1 is 1.33 bits per heavy atom. The minimum Gasteiger partial charge on any atom is -0.394 e. The number of hydrogen-bond acceptors (Lipinski definition) is 4. The van der Waals surface area contributed by atoms with Crippen LogP contribution >= 0.6 is 0 Å². The smallest absolute Gasteiger partial charge is 0.0897 e. The average molecular weight is 214 g/mol.